The number of primary amides is 1. The van der Waals surface area contributed by atoms with Gasteiger partial charge in [-0.25, -0.2) is 9.67 Å². The number of hydrogen-bond donors (Lipinski definition) is 1. The second-order valence-electron chi connectivity index (χ2n) is 9.90. The van der Waals surface area contributed by atoms with Crippen LogP contribution in [0.5, 0.6) is 0 Å². The molecule has 1 saturated heterocycles. The van der Waals surface area contributed by atoms with Gasteiger partial charge in [-0.3, -0.25) is 14.7 Å². The molecule has 4 aromatic rings. The van der Waals surface area contributed by atoms with Gasteiger partial charge in [-0.05, 0) is 62.2 Å². The minimum atomic E-state index is -0.631. The van der Waals surface area contributed by atoms with Gasteiger partial charge in [0.2, 0.25) is 5.82 Å². The second kappa shape index (κ2) is 10.6. The summed E-state index contributed by atoms with van der Waals surface area (Å²) in [6.07, 6.45) is 2.81. The van der Waals surface area contributed by atoms with Gasteiger partial charge in [-0.15, -0.1) is 5.10 Å². The molecule has 1 fully saturated rings. The van der Waals surface area contributed by atoms with Crippen LogP contribution in [0.1, 0.15) is 40.2 Å². The quantitative estimate of drug-likeness (QED) is 0.422. The Morgan fingerprint density at radius 3 is 2.24 bits per heavy atom. The number of likely N-dealkylation sites (N-methyl/N-ethyl adjacent to an activating group) is 1. The molecular weight excluding hydrogens is 462 g/mol. The Hall–Kier alpha value is -3.88. The van der Waals surface area contributed by atoms with E-state index in [9.17, 15) is 4.79 Å². The zero-order chi connectivity index (χ0) is 25.9. The normalized spacial score (nSPS) is 16.7. The van der Waals surface area contributed by atoms with Gasteiger partial charge in [-0.1, -0.05) is 42.5 Å². The van der Waals surface area contributed by atoms with E-state index in [0.29, 0.717) is 11.9 Å². The van der Waals surface area contributed by atoms with Gasteiger partial charge in [0.15, 0.2) is 0 Å². The highest BCUT2D eigenvalue weighted by molar-refractivity contribution is 5.88. The Labute approximate surface area is 217 Å². The van der Waals surface area contributed by atoms with E-state index < -0.39 is 5.91 Å². The van der Waals surface area contributed by atoms with E-state index >= 15 is 0 Å². The van der Waals surface area contributed by atoms with Gasteiger partial charge in [0.25, 0.3) is 5.91 Å². The summed E-state index contributed by atoms with van der Waals surface area (Å²) in [6.45, 7) is 8.26. The molecule has 1 aliphatic rings. The van der Waals surface area contributed by atoms with E-state index in [4.69, 9.17) is 10.7 Å². The van der Waals surface area contributed by atoms with E-state index in [2.05, 4.69) is 82.4 Å². The maximum Gasteiger partial charge on any atom is 0.288 e. The topological polar surface area (TPSA) is 93.2 Å². The van der Waals surface area contributed by atoms with E-state index in [-0.39, 0.29) is 5.82 Å². The fourth-order valence-electron chi connectivity index (χ4n) is 4.73. The lowest BCUT2D eigenvalue weighted by Crippen LogP contribution is -2.49. The molecule has 0 aliphatic carbocycles. The monoisotopic (exact) mass is 495 g/mol. The van der Waals surface area contributed by atoms with Crippen LogP contribution in [0, 0.1) is 6.92 Å². The van der Waals surface area contributed by atoms with Crippen LogP contribution in [-0.2, 0) is 13.0 Å². The Morgan fingerprint density at radius 2 is 1.65 bits per heavy atom. The maximum absolute atomic E-state index is 11.4. The summed E-state index contributed by atoms with van der Waals surface area (Å²) in [5, 5.41) is 4.19. The number of amides is 1. The van der Waals surface area contributed by atoms with Gasteiger partial charge < -0.3 is 10.6 Å². The van der Waals surface area contributed by atoms with E-state index in [1.54, 1.807) is 11.6 Å². The molecule has 2 N–H and O–H groups in total. The molecule has 2 aromatic heterocycles. The third-order valence-electron chi connectivity index (χ3n) is 7.12. The molecule has 0 radical (unpaired) electrons. The average molecular weight is 496 g/mol. The second-order valence-corrected chi connectivity index (χ2v) is 9.90. The molecule has 190 valence electrons. The number of nitrogens with zero attached hydrogens (tertiary/aromatic N) is 6. The molecule has 1 atom stereocenters. The van der Waals surface area contributed by atoms with Crippen molar-refractivity contribution >= 4 is 5.91 Å². The number of benzene rings is 2. The highest BCUT2D eigenvalue weighted by Crippen LogP contribution is 2.22. The van der Waals surface area contributed by atoms with Crippen molar-refractivity contribution in [3.8, 4) is 16.8 Å². The molecular formula is C29H33N7O. The molecule has 5 rings (SSSR count). The first kappa shape index (κ1) is 24.8. The molecule has 37 heavy (non-hydrogen) atoms. The van der Waals surface area contributed by atoms with E-state index in [1.807, 2.05) is 18.3 Å². The summed E-state index contributed by atoms with van der Waals surface area (Å²) in [6, 6.07) is 21.7. The first-order chi connectivity index (χ1) is 17.9. The van der Waals surface area contributed by atoms with Crippen molar-refractivity contribution < 1.29 is 4.79 Å². The summed E-state index contributed by atoms with van der Waals surface area (Å²) >= 11 is 0. The number of aromatic nitrogens is 4. The van der Waals surface area contributed by atoms with Crippen molar-refractivity contribution in [2.24, 2.45) is 5.73 Å². The first-order valence-corrected chi connectivity index (χ1v) is 12.7. The zero-order valence-corrected chi connectivity index (χ0v) is 21.6. The predicted octanol–water partition coefficient (Wildman–Crippen LogP) is 3.46. The minimum absolute atomic E-state index is 0.0242. The van der Waals surface area contributed by atoms with Gasteiger partial charge in [0.05, 0.1) is 11.4 Å². The minimum Gasteiger partial charge on any atom is -0.363 e. The molecule has 1 unspecified atom stereocenters. The molecule has 1 amide bonds. The predicted molar refractivity (Wildman–Crippen MR) is 144 cm³/mol. The number of pyridine rings is 1. The molecule has 8 heteroatoms. The lowest BCUT2D eigenvalue weighted by Gasteiger charge is -2.37. The van der Waals surface area contributed by atoms with Crippen LogP contribution in [0.25, 0.3) is 16.8 Å². The van der Waals surface area contributed by atoms with Crippen molar-refractivity contribution in [1.29, 1.82) is 0 Å². The highest BCUT2D eigenvalue weighted by atomic mass is 16.1. The number of hydrogen-bond acceptors (Lipinski definition) is 6. The summed E-state index contributed by atoms with van der Waals surface area (Å²) in [4.78, 5) is 25.1. The molecule has 3 heterocycles. The number of rotatable bonds is 7. The fourth-order valence-corrected chi connectivity index (χ4v) is 4.73. The zero-order valence-electron chi connectivity index (χ0n) is 21.6. The average Bonchev–Trinajstić information content (AvgIpc) is 3.30. The van der Waals surface area contributed by atoms with E-state index in [0.717, 1.165) is 49.5 Å². The number of carbonyl (C=O) groups is 1. The van der Waals surface area contributed by atoms with Crippen LogP contribution < -0.4 is 5.73 Å². The van der Waals surface area contributed by atoms with E-state index in [1.165, 1.54) is 16.7 Å². The van der Waals surface area contributed by atoms with Crippen LogP contribution in [0.4, 0.5) is 0 Å². The summed E-state index contributed by atoms with van der Waals surface area (Å²) < 4.78 is 1.63. The van der Waals surface area contributed by atoms with Crippen molar-refractivity contribution in [3.05, 3.63) is 95.3 Å². The van der Waals surface area contributed by atoms with Crippen molar-refractivity contribution in [2.45, 2.75) is 32.9 Å². The highest BCUT2D eigenvalue weighted by Gasteiger charge is 2.20. The number of carbonyl (C=O) groups excluding carboxylic acids is 1. The SMILES string of the molecule is Cc1nc(C(N)=O)nn1-c1ccc(Cc2ccc(-c3ccc(CN4CCN(C)C(C)C4)nc3)cc2)cc1. The van der Waals surface area contributed by atoms with Crippen LogP contribution in [0.3, 0.4) is 0 Å². The third kappa shape index (κ3) is 5.76. The van der Waals surface area contributed by atoms with Crippen molar-refractivity contribution in [3.63, 3.8) is 0 Å². The van der Waals surface area contributed by atoms with Crippen LogP contribution in [0.15, 0.2) is 66.9 Å². The maximum atomic E-state index is 11.4. The Balaban J connectivity index is 1.20. The lowest BCUT2D eigenvalue weighted by atomic mass is 10.0. The molecule has 2 aromatic carbocycles. The summed E-state index contributed by atoms with van der Waals surface area (Å²) in [5.41, 5.74) is 12.0. The lowest BCUT2D eigenvalue weighted by molar-refractivity contribution is 0.0989. The van der Waals surface area contributed by atoms with Crippen LogP contribution in [0.2, 0.25) is 0 Å². The number of piperazine rings is 1. The first-order valence-electron chi connectivity index (χ1n) is 12.7. The fraction of sp³-hybridized carbons (Fsp3) is 0.310. The summed E-state index contributed by atoms with van der Waals surface area (Å²) in [7, 11) is 2.20. The largest absolute Gasteiger partial charge is 0.363 e. The Kier molecular flexibility index (Phi) is 7.12. The molecule has 8 nitrogen and oxygen atoms in total. The number of aryl methyl sites for hydroxylation is 1. The molecule has 0 saturated carbocycles. The van der Waals surface area contributed by atoms with Gasteiger partial charge in [-0.2, -0.15) is 0 Å². The van der Waals surface area contributed by atoms with Gasteiger partial charge in [0, 0.05) is 44.0 Å². The van der Waals surface area contributed by atoms with Gasteiger partial charge in [0.1, 0.15) is 5.82 Å². The Bertz CT molecular complexity index is 1360. The molecule has 0 spiro atoms. The Morgan fingerprint density at radius 1 is 0.973 bits per heavy atom. The smallest absolute Gasteiger partial charge is 0.288 e. The van der Waals surface area contributed by atoms with Crippen molar-refractivity contribution in [2.75, 3.05) is 26.7 Å². The number of nitrogens with two attached hydrogens (primary N) is 1. The third-order valence-corrected chi connectivity index (χ3v) is 7.12. The van der Waals surface area contributed by atoms with Crippen molar-refractivity contribution in [1.82, 2.24) is 29.5 Å². The molecule has 1 aliphatic heterocycles. The standard InChI is InChI=1S/C29H33N7O/c1-20-18-35(15-14-34(20)3)19-26-11-10-25(17-31-26)24-8-4-22(5-9-24)16-23-6-12-27(13-7-23)36-21(2)32-29(33-36)28(30)37/h4-13,17,20H,14-16,18-19H2,1-3H3,(H2,30,37). The van der Waals surface area contributed by atoms with Crippen LogP contribution >= 0.6 is 0 Å². The van der Waals surface area contributed by atoms with Gasteiger partial charge >= 0.3 is 0 Å². The summed E-state index contributed by atoms with van der Waals surface area (Å²) in [5.74, 6) is 0.0127. The molecule has 0 bridgehead atoms. The van der Waals surface area contributed by atoms with Crippen LogP contribution in [-0.4, -0.2) is 68.2 Å².